The van der Waals surface area contributed by atoms with Crippen molar-refractivity contribution in [1.82, 2.24) is 30.2 Å². The van der Waals surface area contributed by atoms with Gasteiger partial charge in [0.15, 0.2) is 0 Å². The first-order valence-electron chi connectivity index (χ1n) is 8.18. The molecule has 4 rings (SSSR count). The molecule has 0 aliphatic heterocycles. The van der Waals surface area contributed by atoms with Crippen LogP contribution in [-0.4, -0.2) is 30.2 Å². The van der Waals surface area contributed by atoms with Crippen molar-refractivity contribution >= 4 is 34.3 Å². The molecule has 7 nitrogen and oxygen atoms in total. The zero-order valence-corrected chi connectivity index (χ0v) is 16.2. The first-order valence-corrected chi connectivity index (χ1v) is 9.55. The van der Waals surface area contributed by atoms with E-state index in [2.05, 4.69) is 31.6 Å². The van der Waals surface area contributed by atoms with Crippen molar-refractivity contribution in [3.63, 3.8) is 0 Å². The van der Waals surface area contributed by atoms with Crippen LogP contribution in [0.2, 0.25) is 5.02 Å². The molecule has 0 amide bonds. The lowest BCUT2D eigenvalue weighted by Gasteiger charge is -2.08. The molecule has 0 aliphatic rings. The van der Waals surface area contributed by atoms with Crippen LogP contribution in [0, 0.1) is 13.8 Å². The van der Waals surface area contributed by atoms with E-state index in [1.807, 2.05) is 26.0 Å². The highest BCUT2D eigenvalue weighted by Gasteiger charge is 2.13. The van der Waals surface area contributed by atoms with E-state index in [0.29, 0.717) is 32.7 Å². The van der Waals surface area contributed by atoms with E-state index in [1.165, 1.54) is 17.3 Å². The summed E-state index contributed by atoms with van der Waals surface area (Å²) in [4.78, 5) is 19.6. The number of hydrogen-bond acceptors (Lipinski definition) is 6. The van der Waals surface area contributed by atoms with Crippen LogP contribution in [0.15, 0.2) is 46.3 Å². The highest BCUT2D eigenvalue weighted by molar-refractivity contribution is 7.98. The van der Waals surface area contributed by atoms with Gasteiger partial charge in [-0.15, -0.1) is 5.10 Å². The number of nitrogens with zero attached hydrogens (tertiary/aromatic N) is 5. The Bertz CT molecular complexity index is 1200. The van der Waals surface area contributed by atoms with Crippen molar-refractivity contribution in [1.29, 1.82) is 0 Å². The van der Waals surface area contributed by atoms with Gasteiger partial charge in [-0.25, -0.2) is 4.98 Å². The maximum Gasteiger partial charge on any atom is 0.258 e. The van der Waals surface area contributed by atoms with Gasteiger partial charge in [-0.1, -0.05) is 41.1 Å². The number of fused-ring (bicyclic) bond motifs is 1. The topological polar surface area (TPSA) is 89.3 Å². The molecule has 0 aliphatic carbocycles. The van der Waals surface area contributed by atoms with Crippen LogP contribution in [0.3, 0.4) is 0 Å². The summed E-state index contributed by atoms with van der Waals surface area (Å²) in [5, 5.41) is 13.6. The molecule has 2 heterocycles. The third kappa shape index (κ3) is 3.58. The fraction of sp³-hybridized carbons (Fsp3) is 0.167. The van der Waals surface area contributed by atoms with Gasteiger partial charge in [-0.05, 0) is 54.1 Å². The quantitative estimate of drug-likeness (QED) is 0.529. The van der Waals surface area contributed by atoms with Crippen LogP contribution in [0.1, 0.15) is 17.0 Å². The van der Waals surface area contributed by atoms with Crippen molar-refractivity contribution < 1.29 is 0 Å². The predicted molar refractivity (Wildman–Crippen MR) is 106 cm³/mol. The first-order chi connectivity index (χ1) is 13.0. The van der Waals surface area contributed by atoms with Gasteiger partial charge >= 0.3 is 0 Å². The second kappa shape index (κ2) is 7.13. The zero-order chi connectivity index (χ0) is 19.0. The summed E-state index contributed by atoms with van der Waals surface area (Å²) in [6, 6.07) is 11.2. The van der Waals surface area contributed by atoms with Crippen LogP contribution in [0.5, 0.6) is 0 Å². The lowest BCUT2D eigenvalue weighted by Crippen LogP contribution is -2.11. The second-order valence-corrected chi connectivity index (χ2v) is 7.50. The number of aromatic nitrogens is 6. The van der Waals surface area contributed by atoms with Crippen LogP contribution < -0.4 is 5.56 Å². The Morgan fingerprint density at radius 1 is 1.19 bits per heavy atom. The Morgan fingerprint density at radius 3 is 2.85 bits per heavy atom. The molecule has 2 aromatic heterocycles. The summed E-state index contributed by atoms with van der Waals surface area (Å²) in [6.07, 6.45) is 0. The van der Waals surface area contributed by atoms with Gasteiger partial charge in [0.1, 0.15) is 5.82 Å². The Kier molecular flexibility index (Phi) is 4.67. The average molecular weight is 399 g/mol. The first kappa shape index (κ1) is 17.7. The average Bonchev–Trinajstić information content (AvgIpc) is 3.09. The Hall–Kier alpha value is -2.71. The number of halogens is 1. The monoisotopic (exact) mass is 398 g/mol. The van der Waals surface area contributed by atoms with E-state index in [1.54, 1.807) is 22.9 Å². The number of benzene rings is 2. The number of H-pyrrole nitrogens is 1. The fourth-order valence-electron chi connectivity index (χ4n) is 2.82. The van der Waals surface area contributed by atoms with Crippen molar-refractivity contribution in [2.75, 3.05) is 0 Å². The van der Waals surface area contributed by atoms with Crippen LogP contribution in [0.25, 0.3) is 16.6 Å². The van der Waals surface area contributed by atoms with Crippen LogP contribution in [-0.2, 0) is 5.75 Å². The molecule has 0 radical (unpaired) electrons. The highest BCUT2D eigenvalue weighted by Crippen LogP contribution is 2.24. The highest BCUT2D eigenvalue weighted by atomic mass is 35.5. The minimum Gasteiger partial charge on any atom is -0.309 e. The molecule has 0 spiro atoms. The number of aromatic amines is 1. The number of nitrogens with one attached hydrogen (secondary N) is 1. The minimum absolute atomic E-state index is 0.216. The van der Waals surface area contributed by atoms with Gasteiger partial charge in [0.05, 0.1) is 22.3 Å². The maximum absolute atomic E-state index is 12.3. The Labute approximate surface area is 163 Å². The normalized spacial score (nSPS) is 11.2. The fourth-order valence-corrected chi connectivity index (χ4v) is 3.75. The van der Waals surface area contributed by atoms with E-state index in [-0.39, 0.29) is 5.56 Å². The van der Waals surface area contributed by atoms with Crippen LogP contribution >= 0.6 is 23.4 Å². The molecular weight excluding hydrogens is 384 g/mol. The molecule has 1 N–H and O–H groups in total. The Balaban J connectivity index is 1.62. The van der Waals surface area contributed by atoms with E-state index in [0.717, 1.165) is 11.3 Å². The molecule has 0 fully saturated rings. The molecule has 27 heavy (non-hydrogen) atoms. The lowest BCUT2D eigenvalue weighted by molar-refractivity contribution is 0.751. The molecule has 0 unspecified atom stereocenters. The molecule has 0 bridgehead atoms. The molecule has 136 valence electrons. The molecule has 2 aromatic carbocycles. The lowest BCUT2D eigenvalue weighted by atomic mass is 10.1. The second-order valence-electron chi connectivity index (χ2n) is 6.13. The maximum atomic E-state index is 12.3. The van der Waals surface area contributed by atoms with Crippen molar-refractivity contribution in [2.45, 2.75) is 24.8 Å². The standard InChI is InChI=1S/C18H15ClN6OS/c1-10-3-6-15(11(2)7-10)25-18(22-23-24-25)27-9-16-20-14-5-4-12(19)8-13(14)17(26)21-16/h3-8H,9H2,1-2H3,(H,20,21,26). The van der Waals surface area contributed by atoms with Crippen LogP contribution in [0.4, 0.5) is 0 Å². The van der Waals surface area contributed by atoms with Gasteiger partial charge in [0.25, 0.3) is 5.56 Å². The van der Waals surface area contributed by atoms with E-state index >= 15 is 0 Å². The van der Waals surface area contributed by atoms with Gasteiger partial charge in [0, 0.05) is 5.02 Å². The van der Waals surface area contributed by atoms with Gasteiger partial charge in [-0.2, -0.15) is 4.68 Å². The SMILES string of the molecule is Cc1ccc(-n2nnnc2SCc2nc3ccc(Cl)cc3c(=O)[nH]2)c(C)c1. The molecule has 9 heteroatoms. The third-order valence-corrected chi connectivity index (χ3v) is 5.24. The van der Waals surface area contributed by atoms with Gasteiger partial charge in [-0.3, -0.25) is 4.79 Å². The molecular formula is C18H15ClN6OS. The summed E-state index contributed by atoms with van der Waals surface area (Å²) in [5.74, 6) is 0.981. The van der Waals surface area contributed by atoms with E-state index in [9.17, 15) is 4.79 Å². The van der Waals surface area contributed by atoms with E-state index < -0.39 is 0 Å². The minimum atomic E-state index is -0.216. The third-order valence-electron chi connectivity index (χ3n) is 4.08. The van der Waals surface area contributed by atoms with Crippen molar-refractivity contribution in [3.05, 3.63) is 68.7 Å². The van der Waals surface area contributed by atoms with Crippen molar-refractivity contribution in [2.24, 2.45) is 0 Å². The van der Waals surface area contributed by atoms with Gasteiger partial charge in [0.2, 0.25) is 5.16 Å². The van der Waals surface area contributed by atoms with Crippen molar-refractivity contribution in [3.8, 4) is 5.69 Å². The molecule has 4 aromatic rings. The number of tetrazole rings is 1. The summed E-state index contributed by atoms with van der Waals surface area (Å²) in [7, 11) is 0. The molecule has 0 saturated carbocycles. The predicted octanol–water partition coefficient (Wildman–Crippen LogP) is 3.46. The zero-order valence-electron chi connectivity index (χ0n) is 14.6. The number of hydrogen-bond donors (Lipinski definition) is 1. The number of aryl methyl sites for hydroxylation is 2. The molecule has 0 saturated heterocycles. The summed E-state index contributed by atoms with van der Waals surface area (Å²) in [5.41, 5.74) is 3.57. The molecule has 0 atom stereocenters. The van der Waals surface area contributed by atoms with E-state index in [4.69, 9.17) is 11.6 Å². The Morgan fingerprint density at radius 2 is 2.04 bits per heavy atom. The largest absolute Gasteiger partial charge is 0.309 e. The summed E-state index contributed by atoms with van der Waals surface area (Å²) >= 11 is 7.35. The number of rotatable bonds is 4. The summed E-state index contributed by atoms with van der Waals surface area (Å²) < 4.78 is 1.69. The number of thioether (sulfide) groups is 1. The summed E-state index contributed by atoms with van der Waals surface area (Å²) in [6.45, 7) is 4.06. The smallest absolute Gasteiger partial charge is 0.258 e. The van der Waals surface area contributed by atoms with Gasteiger partial charge < -0.3 is 4.98 Å².